The lowest BCUT2D eigenvalue weighted by atomic mass is 10.1. The number of rotatable bonds is 4. The third-order valence-corrected chi connectivity index (χ3v) is 5.46. The summed E-state index contributed by atoms with van der Waals surface area (Å²) in [5.74, 6) is 0. The molecule has 130 valence electrons. The fourth-order valence-electron chi connectivity index (χ4n) is 3.04. The Hall–Kier alpha value is -1.86. The molecule has 0 unspecified atom stereocenters. The van der Waals surface area contributed by atoms with Crippen molar-refractivity contribution in [1.82, 2.24) is 24.9 Å². The van der Waals surface area contributed by atoms with Gasteiger partial charge in [0.25, 0.3) is 0 Å². The highest BCUT2D eigenvalue weighted by molar-refractivity contribution is 7.07. The Morgan fingerprint density at radius 2 is 2.12 bits per heavy atom. The first-order valence-electron chi connectivity index (χ1n) is 8.32. The molecule has 24 heavy (non-hydrogen) atoms. The SMILES string of the molecule is Cc1c([C@@H](C)NC(=O)N2CCN(Cc3ccsc3)CC2)cnn1C. The van der Waals surface area contributed by atoms with Crippen molar-refractivity contribution in [2.45, 2.75) is 26.4 Å². The van der Waals surface area contributed by atoms with Gasteiger partial charge in [-0.05, 0) is 36.2 Å². The van der Waals surface area contributed by atoms with Gasteiger partial charge in [0.1, 0.15) is 0 Å². The van der Waals surface area contributed by atoms with Gasteiger partial charge >= 0.3 is 6.03 Å². The van der Waals surface area contributed by atoms with Crippen molar-refractivity contribution in [3.8, 4) is 0 Å². The second kappa shape index (κ2) is 7.36. The molecule has 2 aromatic heterocycles. The first-order valence-corrected chi connectivity index (χ1v) is 9.26. The smallest absolute Gasteiger partial charge is 0.317 e. The number of urea groups is 1. The van der Waals surface area contributed by atoms with E-state index < -0.39 is 0 Å². The largest absolute Gasteiger partial charge is 0.331 e. The van der Waals surface area contributed by atoms with Crippen molar-refractivity contribution >= 4 is 17.4 Å². The van der Waals surface area contributed by atoms with Gasteiger partial charge in [-0.3, -0.25) is 9.58 Å². The minimum atomic E-state index is -0.0324. The van der Waals surface area contributed by atoms with Crippen LogP contribution in [0.15, 0.2) is 23.0 Å². The van der Waals surface area contributed by atoms with Crippen LogP contribution in [0.2, 0.25) is 0 Å². The van der Waals surface area contributed by atoms with E-state index in [9.17, 15) is 4.79 Å². The van der Waals surface area contributed by atoms with E-state index in [2.05, 4.69) is 32.1 Å². The van der Waals surface area contributed by atoms with Crippen molar-refractivity contribution in [3.63, 3.8) is 0 Å². The summed E-state index contributed by atoms with van der Waals surface area (Å²) in [4.78, 5) is 16.8. The summed E-state index contributed by atoms with van der Waals surface area (Å²) in [6.07, 6.45) is 1.83. The summed E-state index contributed by atoms with van der Waals surface area (Å²) in [6.45, 7) is 8.39. The standard InChI is InChI=1S/C17H25N5OS/c1-13(16-10-18-20(3)14(16)2)19-17(23)22-7-5-21(6-8-22)11-15-4-9-24-12-15/h4,9-10,12-13H,5-8,11H2,1-3H3,(H,19,23)/t13-/m1/s1. The maximum atomic E-state index is 12.5. The average molecular weight is 347 g/mol. The van der Waals surface area contributed by atoms with Gasteiger partial charge in [0, 0.05) is 51.0 Å². The summed E-state index contributed by atoms with van der Waals surface area (Å²) in [6, 6.07) is 2.15. The van der Waals surface area contributed by atoms with Crippen LogP contribution in [0, 0.1) is 6.92 Å². The average Bonchev–Trinajstić information content (AvgIpc) is 3.19. The second-order valence-electron chi connectivity index (χ2n) is 6.37. The molecule has 1 saturated heterocycles. The third-order valence-electron chi connectivity index (χ3n) is 4.73. The van der Waals surface area contributed by atoms with Crippen LogP contribution in [0.4, 0.5) is 4.79 Å². The number of nitrogens with one attached hydrogen (secondary N) is 1. The molecule has 0 radical (unpaired) electrons. The van der Waals surface area contributed by atoms with Gasteiger partial charge in [-0.15, -0.1) is 0 Å². The lowest BCUT2D eigenvalue weighted by molar-refractivity contribution is 0.133. The highest BCUT2D eigenvalue weighted by Gasteiger charge is 2.23. The summed E-state index contributed by atoms with van der Waals surface area (Å²) < 4.78 is 1.83. The van der Waals surface area contributed by atoms with E-state index in [-0.39, 0.29) is 12.1 Å². The number of piperazine rings is 1. The van der Waals surface area contributed by atoms with E-state index in [1.807, 2.05) is 36.7 Å². The Balaban J connectivity index is 1.49. The molecule has 1 atom stereocenters. The number of amides is 2. The molecule has 3 heterocycles. The fourth-order valence-corrected chi connectivity index (χ4v) is 3.70. The monoisotopic (exact) mass is 347 g/mol. The number of nitrogens with zero attached hydrogens (tertiary/aromatic N) is 4. The number of carbonyl (C=O) groups excluding carboxylic acids is 1. The number of hydrogen-bond donors (Lipinski definition) is 1. The normalized spacial score (nSPS) is 17.0. The molecule has 0 aliphatic carbocycles. The van der Waals surface area contributed by atoms with E-state index in [0.717, 1.165) is 44.0 Å². The second-order valence-corrected chi connectivity index (χ2v) is 7.15. The molecule has 2 aromatic rings. The van der Waals surface area contributed by atoms with E-state index in [0.29, 0.717) is 0 Å². The van der Waals surface area contributed by atoms with Gasteiger partial charge < -0.3 is 10.2 Å². The lowest BCUT2D eigenvalue weighted by Crippen LogP contribution is -2.51. The van der Waals surface area contributed by atoms with Crippen molar-refractivity contribution in [3.05, 3.63) is 39.8 Å². The number of carbonyl (C=O) groups is 1. The predicted octanol–water partition coefficient (Wildman–Crippen LogP) is 2.38. The molecular formula is C17H25N5OS. The number of hydrogen-bond acceptors (Lipinski definition) is 4. The van der Waals surface area contributed by atoms with Crippen LogP contribution in [-0.4, -0.2) is 51.8 Å². The highest BCUT2D eigenvalue weighted by atomic mass is 32.1. The third kappa shape index (κ3) is 3.79. The highest BCUT2D eigenvalue weighted by Crippen LogP contribution is 2.17. The predicted molar refractivity (Wildman–Crippen MR) is 96.1 cm³/mol. The van der Waals surface area contributed by atoms with Crippen molar-refractivity contribution in [2.75, 3.05) is 26.2 Å². The van der Waals surface area contributed by atoms with Crippen LogP contribution in [0.3, 0.4) is 0 Å². The zero-order chi connectivity index (χ0) is 17.1. The van der Waals surface area contributed by atoms with E-state index in [1.165, 1.54) is 5.56 Å². The Labute approximate surface area is 147 Å². The summed E-state index contributed by atoms with van der Waals surface area (Å²) in [7, 11) is 1.92. The van der Waals surface area contributed by atoms with Gasteiger partial charge in [0.05, 0.1) is 12.2 Å². The minimum Gasteiger partial charge on any atom is -0.331 e. The molecule has 3 rings (SSSR count). The Kier molecular flexibility index (Phi) is 5.20. The Morgan fingerprint density at radius 1 is 1.38 bits per heavy atom. The topological polar surface area (TPSA) is 53.4 Å². The molecule has 1 fully saturated rings. The fraction of sp³-hybridized carbons (Fsp3) is 0.529. The lowest BCUT2D eigenvalue weighted by Gasteiger charge is -2.35. The number of thiophene rings is 1. The van der Waals surface area contributed by atoms with Crippen LogP contribution in [-0.2, 0) is 13.6 Å². The van der Waals surface area contributed by atoms with Crippen molar-refractivity contribution in [2.24, 2.45) is 7.05 Å². The number of aryl methyl sites for hydroxylation is 1. The van der Waals surface area contributed by atoms with Crippen LogP contribution in [0.25, 0.3) is 0 Å². The summed E-state index contributed by atoms with van der Waals surface area (Å²) >= 11 is 1.73. The van der Waals surface area contributed by atoms with Crippen molar-refractivity contribution in [1.29, 1.82) is 0 Å². The molecule has 0 aromatic carbocycles. The van der Waals surface area contributed by atoms with E-state index >= 15 is 0 Å². The molecule has 0 spiro atoms. The Bertz CT molecular complexity index is 673. The van der Waals surface area contributed by atoms with Gasteiger partial charge in [-0.1, -0.05) is 0 Å². The molecular weight excluding hydrogens is 322 g/mol. The van der Waals surface area contributed by atoms with Gasteiger partial charge in [-0.25, -0.2) is 4.79 Å². The zero-order valence-electron chi connectivity index (χ0n) is 14.5. The van der Waals surface area contributed by atoms with Crippen LogP contribution < -0.4 is 5.32 Å². The van der Waals surface area contributed by atoms with Gasteiger partial charge in [-0.2, -0.15) is 16.4 Å². The minimum absolute atomic E-state index is 0.0148. The molecule has 0 bridgehead atoms. The van der Waals surface area contributed by atoms with E-state index in [1.54, 1.807) is 11.3 Å². The van der Waals surface area contributed by atoms with Gasteiger partial charge in [0.2, 0.25) is 0 Å². The maximum Gasteiger partial charge on any atom is 0.317 e. The quantitative estimate of drug-likeness (QED) is 0.924. The maximum absolute atomic E-state index is 12.5. The first-order chi connectivity index (χ1) is 11.5. The van der Waals surface area contributed by atoms with Crippen LogP contribution in [0.1, 0.15) is 29.8 Å². The first kappa shape index (κ1) is 17.0. The van der Waals surface area contributed by atoms with Crippen LogP contribution >= 0.6 is 11.3 Å². The molecule has 6 nitrogen and oxygen atoms in total. The van der Waals surface area contributed by atoms with Crippen LogP contribution in [0.5, 0.6) is 0 Å². The molecule has 0 saturated carbocycles. The Morgan fingerprint density at radius 3 is 2.71 bits per heavy atom. The molecule has 1 N–H and O–H groups in total. The van der Waals surface area contributed by atoms with Gasteiger partial charge in [0.15, 0.2) is 0 Å². The number of aromatic nitrogens is 2. The zero-order valence-corrected chi connectivity index (χ0v) is 15.3. The van der Waals surface area contributed by atoms with E-state index in [4.69, 9.17) is 0 Å². The molecule has 1 aliphatic rings. The summed E-state index contributed by atoms with van der Waals surface area (Å²) in [5, 5.41) is 11.6. The molecule has 7 heteroatoms. The van der Waals surface area contributed by atoms with Crippen molar-refractivity contribution < 1.29 is 4.79 Å². The molecule has 1 aliphatic heterocycles. The molecule has 2 amide bonds. The summed E-state index contributed by atoms with van der Waals surface area (Å²) in [5.41, 5.74) is 3.52.